The molecule has 0 unspecified atom stereocenters. The van der Waals surface area contributed by atoms with Gasteiger partial charge in [-0.25, -0.2) is 0 Å². The van der Waals surface area contributed by atoms with Crippen LogP contribution in [0.25, 0.3) is 0 Å². The van der Waals surface area contributed by atoms with Crippen LogP contribution in [0, 0.1) is 0 Å². The zero-order chi connectivity index (χ0) is 16.2. The number of carbonyl (C=O) groups is 2. The van der Waals surface area contributed by atoms with Crippen LogP contribution < -0.4 is 10.6 Å². The zero-order valence-corrected chi connectivity index (χ0v) is 14.2. The maximum atomic E-state index is 12.2. The fraction of sp³-hybridized carbons (Fsp3) is 0.222. The molecule has 0 bridgehead atoms. The first-order chi connectivity index (χ1) is 11.1. The average molecular weight is 373 g/mol. The van der Waals surface area contributed by atoms with Crippen molar-refractivity contribution in [3.63, 3.8) is 0 Å². The molecule has 0 aromatic heterocycles. The van der Waals surface area contributed by atoms with E-state index in [0.717, 1.165) is 23.7 Å². The molecule has 0 aliphatic heterocycles. The topological polar surface area (TPSA) is 58.2 Å². The highest BCUT2D eigenvalue weighted by atomic mass is 79.9. The minimum Gasteiger partial charge on any atom is -0.343 e. The minimum absolute atomic E-state index is 0.0583. The molecule has 2 aromatic carbocycles. The van der Waals surface area contributed by atoms with Crippen molar-refractivity contribution >= 4 is 33.4 Å². The second-order valence-corrected chi connectivity index (χ2v) is 6.40. The Balaban J connectivity index is 1.56. The van der Waals surface area contributed by atoms with Gasteiger partial charge in [0.1, 0.15) is 0 Å². The molecule has 2 N–H and O–H groups in total. The Labute approximate surface area is 143 Å². The summed E-state index contributed by atoms with van der Waals surface area (Å²) in [5, 5.41) is 5.42. The highest BCUT2D eigenvalue weighted by Crippen LogP contribution is 2.23. The fourth-order valence-corrected chi connectivity index (χ4v) is 3.12. The maximum Gasteiger partial charge on any atom is 0.251 e. The molecule has 0 saturated carbocycles. The van der Waals surface area contributed by atoms with Gasteiger partial charge in [-0.1, -0.05) is 18.2 Å². The largest absolute Gasteiger partial charge is 0.343 e. The zero-order valence-electron chi connectivity index (χ0n) is 12.6. The molecule has 0 heterocycles. The molecule has 1 aliphatic rings. The molecular formula is C18H17BrN2O2. The predicted octanol–water partition coefficient (Wildman–Crippen LogP) is 3.31. The third-order valence-electron chi connectivity index (χ3n) is 3.92. The van der Waals surface area contributed by atoms with Crippen molar-refractivity contribution in [1.82, 2.24) is 5.32 Å². The summed E-state index contributed by atoms with van der Waals surface area (Å²) in [6.07, 6.45) is 3.26. The van der Waals surface area contributed by atoms with Gasteiger partial charge in [0.25, 0.3) is 5.91 Å². The number of amides is 2. The minimum atomic E-state index is -0.258. The first-order valence-corrected chi connectivity index (χ1v) is 8.37. The Morgan fingerprint density at radius 3 is 2.65 bits per heavy atom. The number of halogens is 1. The summed E-state index contributed by atoms with van der Waals surface area (Å²) in [5.41, 5.74) is 3.87. The quantitative estimate of drug-likeness (QED) is 0.864. The third-order valence-corrected chi connectivity index (χ3v) is 4.61. The molecule has 0 saturated heterocycles. The highest BCUT2D eigenvalue weighted by Gasteiger charge is 2.14. The van der Waals surface area contributed by atoms with E-state index < -0.39 is 0 Å². The molecule has 118 valence electrons. The number of nitrogens with one attached hydrogen (secondary N) is 2. The highest BCUT2D eigenvalue weighted by molar-refractivity contribution is 9.10. The smallest absolute Gasteiger partial charge is 0.251 e. The van der Waals surface area contributed by atoms with Crippen molar-refractivity contribution in [3.05, 3.63) is 63.6 Å². The lowest BCUT2D eigenvalue weighted by Crippen LogP contribution is -2.33. The van der Waals surface area contributed by atoms with Crippen LogP contribution in [-0.4, -0.2) is 18.4 Å². The molecule has 5 heteroatoms. The number of aryl methyl sites for hydroxylation is 2. The van der Waals surface area contributed by atoms with Crippen LogP contribution in [0.15, 0.2) is 46.9 Å². The van der Waals surface area contributed by atoms with E-state index in [2.05, 4.69) is 26.6 Å². The Kier molecular flexibility index (Phi) is 4.76. The number of benzene rings is 2. The second-order valence-electron chi connectivity index (χ2n) is 5.55. The lowest BCUT2D eigenvalue weighted by Gasteiger charge is -2.09. The van der Waals surface area contributed by atoms with Gasteiger partial charge in [-0.3, -0.25) is 9.59 Å². The monoisotopic (exact) mass is 372 g/mol. The Bertz CT molecular complexity index is 758. The van der Waals surface area contributed by atoms with E-state index in [9.17, 15) is 9.59 Å². The van der Waals surface area contributed by atoms with Gasteiger partial charge in [0.2, 0.25) is 5.91 Å². The molecule has 2 amide bonds. The summed E-state index contributed by atoms with van der Waals surface area (Å²) in [7, 11) is 0. The number of anilines is 1. The van der Waals surface area contributed by atoms with E-state index in [-0.39, 0.29) is 18.4 Å². The average Bonchev–Trinajstić information content (AvgIpc) is 3.02. The molecule has 0 atom stereocenters. The van der Waals surface area contributed by atoms with Gasteiger partial charge in [0, 0.05) is 10.0 Å². The molecule has 0 spiro atoms. The van der Waals surface area contributed by atoms with Crippen molar-refractivity contribution in [2.24, 2.45) is 0 Å². The summed E-state index contributed by atoms with van der Waals surface area (Å²) in [5.74, 6) is -0.478. The number of para-hydroxylation sites is 1. The number of hydrogen-bond acceptors (Lipinski definition) is 2. The summed E-state index contributed by atoms with van der Waals surface area (Å²) >= 11 is 3.37. The molecule has 23 heavy (non-hydrogen) atoms. The lowest BCUT2D eigenvalue weighted by atomic mass is 10.1. The fourth-order valence-electron chi connectivity index (χ4n) is 2.73. The van der Waals surface area contributed by atoms with Crippen molar-refractivity contribution < 1.29 is 9.59 Å². The molecule has 0 radical (unpaired) electrons. The molecule has 0 fully saturated rings. The number of rotatable bonds is 4. The van der Waals surface area contributed by atoms with Gasteiger partial charge in [-0.2, -0.15) is 0 Å². The number of hydrogen-bond donors (Lipinski definition) is 2. The van der Waals surface area contributed by atoms with E-state index in [1.807, 2.05) is 36.4 Å². The maximum absolute atomic E-state index is 12.2. The van der Waals surface area contributed by atoms with Crippen LogP contribution in [0.2, 0.25) is 0 Å². The van der Waals surface area contributed by atoms with Crippen LogP contribution >= 0.6 is 15.9 Å². The van der Waals surface area contributed by atoms with E-state index >= 15 is 0 Å². The Morgan fingerprint density at radius 2 is 1.83 bits per heavy atom. The molecule has 4 nitrogen and oxygen atoms in total. The van der Waals surface area contributed by atoms with E-state index in [1.165, 1.54) is 11.1 Å². The van der Waals surface area contributed by atoms with Gasteiger partial charge < -0.3 is 10.6 Å². The molecule has 3 rings (SSSR count). The van der Waals surface area contributed by atoms with Crippen molar-refractivity contribution in [1.29, 1.82) is 0 Å². The summed E-state index contributed by atoms with van der Waals surface area (Å²) in [6.45, 7) is -0.0583. The van der Waals surface area contributed by atoms with Gasteiger partial charge in [0.15, 0.2) is 0 Å². The Morgan fingerprint density at radius 1 is 1.04 bits per heavy atom. The van der Waals surface area contributed by atoms with Gasteiger partial charge >= 0.3 is 0 Å². The number of fused-ring (bicyclic) bond motifs is 1. The summed E-state index contributed by atoms with van der Waals surface area (Å²) in [4.78, 5) is 24.1. The van der Waals surface area contributed by atoms with Crippen molar-refractivity contribution in [3.8, 4) is 0 Å². The van der Waals surface area contributed by atoms with Crippen LogP contribution in [0.4, 0.5) is 5.69 Å². The van der Waals surface area contributed by atoms with E-state index in [4.69, 9.17) is 0 Å². The van der Waals surface area contributed by atoms with E-state index in [1.54, 1.807) is 6.07 Å². The van der Waals surface area contributed by atoms with E-state index in [0.29, 0.717) is 11.3 Å². The van der Waals surface area contributed by atoms with Crippen LogP contribution in [0.3, 0.4) is 0 Å². The summed E-state index contributed by atoms with van der Waals surface area (Å²) in [6, 6.07) is 13.1. The van der Waals surface area contributed by atoms with Gasteiger partial charge in [0.05, 0.1) is 12.2 Å². The second kappa shape index (κ2) is 6.96. The molecule has 2 aromatic rings. The van der Waals surface area contributed by atoms with Gasteiger partial charge in [-0.05, 0) is 70.6 Å². The van der Waals surface area contributed by atoms with Crippen LogP contribution in [-0.2, 0) is 17.6 Å². The van der Waals surface area contributed by atoms with Crippen LogP contribution in [0.5, 0.6) is 0 Å². The first-order valence-electron chi connectivity index (χ1n) is 7.58. The van der Waals surface area contributed by atoms with Gasteiger partial charge in [-0.15, -0.1) is 0 Å². The van der Waals surface area contributed by atoms with Crippen molar-refractivity contribution in [2.75, 3.05) is 11.9 Å². The Hall–Kier alpha value is -2.14. The first kappa shape index (κ1) is 15.7. The lowest BCUT2D eigenvalue weighted by molar-refractivity contribution is -0.115. The summed E-state index contributed by atoms with van der Waals surface area (Å²) < 4.78 is 0.804. The normalized spacial score (nSPS) is 12.6. The third kappa shape index (κ3) is 3.79. The van der Waals surface area contributed by atoms with Crippen LogP contribution in [0.1, 0.15) is 27.9 Å². The number of carbonyl (C=O) groups excluding carboxylic acids is 2. The SMILES string of the molecule is O=C(CNC(=O)c1ccc2c(c1)CCC2)Nc1ccccc1Br. The molecule has 1 aliphatic carbocycles. The molecular weight excluding hydrogens is 356 g/mol. The van der Waals surface area contributed by atoms with Crippen molar-refractivity contribution in [2.45, 2.75) is 19.3 Å². The predicted molar refractivity (Wildman–Crippen MR) is 93.6 cm³/mol. The standard InChI is InChI=1S/C18H17BrN2O2/c19-15-6-1-2-7-16(15)21-17(22)11-20-18(23)14-9-8-12-4-3-5-13(12)10-14/h1-2,6-10H,3-5,11H2,(H,20,23)(H,21,22).